The first-order valence-corrected chi connectivity index (χ1v) is 6.38. The smallest absolute Gasteiger partial charge is 0.323 e. The van der Waals surface area contributed by atoms with Gasteiger partial charge in [0.25, 0.3) is 5.69 Å². The molecule has 1 N–H and O–H groups in total. The molecule has 0 atom stereocenters. The quantitative estimate of drug-likeness (QED) is 0.667. The van der Waals surface area contributed by atoms with Gasteiger partial charge in [-0.2, -0.15) is 4.73 Å². The first kappa shape index (κ1) is 11.1. The summed E-state index contributed by atoms with van der Waals surface area (Å²) in [6, 6.07) is 4.67. The monoisotopic (exact) mass is 262 g/mol. The lowest BCUT2D eigenvalue weighted by atomic mass is 10.3. The number of nitrogens with one attached hydrogen (secondary N) is 1. The summed E-state index contributed by atoms with van der Waals surface area (Å²) in [5.41, 5.74) is 0.0423. The van der Waals surface area contributed by atoms with E-state index in [1.165, 1.54) is 23.6 Å². The van der Waals surface area contributed by atoms with Crippen LogP contribution in [0, 0.1) is 5.21 Å². The van der Waals surface area contributed by atoms with Crippen LogP contribution in [0.25, 0.3) is 0 Å². The van der Waals surface area contributed by atoms with Crippen LogP contribution in [0.5, 0.6) is 0 Å². The zero-order valence-corrected chi connectivity index (χ0v) is 10.2. The molecule has 2 aromatic rings. The van der Waals surface area contributed by atoms with Gasteiger partial charge in [0.15, 0.2) is 6.20 Å². The van der Waals surface area contributed by atoms with Crippen molar-refractivity contribution >= 4 is 22.4 Å². The molecule has 1 aliphatic rings. The Morgan fingerprint density at radius 3 is 3.00 bits per heavy atom. The van der Waals surface area contributed by atoms with Crippen LogP contribution >= 0.6 is 11.3 Å². The van der Waals surface area contributed by atoms with Crippen LogP contribution in [0.1, 0.15) is 34.3 Å². The highest BCUT2D eigenvalue weighted by Crippen LogP contribution is 2.42. The van der Waals surface area contributed by atoms with E-state index in [4.69, 9.17) is 0 Å². The number of carbonyl (C=O) groups excluding carboxylic acids is 1. The maximum absolute atomic E-state index is 11.8. The summed E-state index contributed by atoms with van der Waals surface area (Å²) in [6.45, 7) is 0. The van der Waals surface area contributed by atoms with Crippen molar-refractivity contribution in [1.82, 2.24) is 10.2 Å². The number of hydrogen-bond acceptors (Lipinski definition) is 5. The fraction of sp³-hybridized carbons (Fsp3) is 0.273. The molecule has 0 aliphatic heterocycles. The molecule has 2 heterocycles. The third-order valence-corrected chi connectivity index (χ3v) is 3.65. The lowest BCUT2D eigenvalue weighted by Crippen LogP contribution is -2.36. The molecule has 92 valence electrons. The predicted molar refractivity (Wildman–Crippen MR) is 65.2 cm³/mol. The maximum atomic E-state index is 11.8. The molecule has 0 spiro atoms. The molecule has 2 aromatic heterocycles. The van der Waals surface area contributed by atoms with Gasteiger partial charge < -0.3 is 5.21 Å². The molecule has 6 nitrogen and oxygen atoms in total. The summed E-state index contributed by atoms with van der Waals surface area (Å²) < 4.78 is 0.526. The van der Waals surface area contributed by atoms with Gasteiger partial charge in [-0.25, -0.2) is 0 Å². The lowest BCUT2D eigenvalue weighted by molar-refractivity contribution is -0.607. The van der Waals surface area contributed by atoms with Crippen LogP contribution in [0.2, 0.25) is 0 Å². The van der Waals surface area contributed by atoms with Gasteiger partial charge in [0.1, 0.15) is 5.01 Å². The Bertz CT molecular complexity index is 594. The molecule has 1 saturated carbocycles. The zero-order valence-electron chi connectivity index (χ0n) is 9.37. The van der Waals surface area contributed by atoms with Gasteiger partial charge in [0, 0.05) is 18.1 Å². The number of aromatic nitrogens is 3. The molecule has 0 radical (unpaired) electrons. The van der Waals surface area contributed by atoms with Gasteiger partial charge in [-0.1, -0.05) is 11.3 Å². The van der Waals surface area contributed by atoms with Crippen LogP contribution in [0.4, 0.5) is 5.13 Å². The molecular weight excluding hydrogens is 252 g/mol. The Morgan fingerprint density at radius 2 is 2.28 bits per heavy atom. The summed E-state index contributed by atoms with van der Waals surface area (Å²) in [5, 5.41) is 23.3. The number of carbonyl (C=O) groups is 1. The summed E-state index contributed by atoms with van der Waals surface area (Å²) in [4.78, 5) is 11.8. The summed E-state index contributed by atoms with van der Waals surface area (Å²) in [7, 11) is 0. The van der Waals surface area contributed by atoms with Gasteiger partial charge in [-0.15, -0.1) is 10.2 Å². The van der Waals surface area contributed by atoms with Crippen LogP contribution in [0.15, 0.2) is 24.4 Å². The van der Waals surface area contributed by atoms with Crippen molar-refractivity contribution < 1.29 is 9.52 Å². The van der Waals surface area contributed by atoms with Gasteiger partial charge >= 0.3 is 5.91 Å². The Balaban J connectivity index is 1.75. The third-order valence-electron chi connectivity index (χ3n) is 2.64. The second kappa shape index (κ2) is 4.34. The minimum absolute atomic E-state index is 0.0423. The number of amides is 1. The first-order chi connectivity index (χ1) is 8.74. The molecular formula is C11H10N4O2S. The highest BCUT2D eigenvalue weighted by molar-refractivity contribution is 7.15. The second-order valence-electron chi connectivity index (χ2n) is 4.09. The third kappa shape index (κ3) is 2.17. The standard InChI is InChI=1S/C11H10N4O2S/c16-9(8-3-1-2-6-15(8)17)12-11-14-13-10(18-11)7-4-5-7/h1-3,6-7H,4-5H2,(H,12,14,16). The summed E-state index contributed by atoms with van der Waals surface area (Å²) >= 11 is 1.37. The molecule has 3 rings (SSSR count). The Labute approximate surface area is 107 Å². The number of pyridine rings is 1. The van der Waals surface area contributed by atoms with Crippen LogP contribution < -0.4 is 10.0 Å². The molecule has 0 saturated heterocycles. The topological polar surface area (TPSA) is 81.8 Å². The van der Waals surface area contributed by atoms with Crippen molar-refractivity contribution in [1.29, 1.82) is 0 Å². The van der Waals surface area contributed by atoms with Crippen molar-refractivity contribution in [3.63, 3.8) is 0 Å². The van der Waals surface area contributed by atoms with E-state index < -0.39 is 5.91 Å². The lowest BCUT2D eigenvalue weighted by Gasteiger charge is -2.02. The van der Waals surface area contributed by atoms with Crippen LogP contribution in [0.3, 0.4) is 0 Å². The minimum Gasteiger partial charge on any atom is -0.618 e. The Kier molecular flexibility index (Phi) is 2.67. The maximum Gasteiger partial charge on any atom is 0.323 e. The van der Waals surface area contributed by atoms with E-state index in [9.17, 15) is 10.0 Å². The normalized spacial score (nSPS) is 14.4. The Hall–Kier alpha value is -2.02. The average molecular weight is 262 g/mol. The van der Waals surface area contributed by atoms with E-state index in [1.54, 1.807) is 12.1 Å². The first-order valence-electron chi connectivity index (χ1n) is 5.57. The molecule has 1 amide bonds. The van der Waals surface area contributed by atoms with E-state index in [2.05, 4.69) is 15.5 Å². The predicted octanol–water partition coefficient (Wildman–Crippen LogP) is 1.30. The van der Waals surface area contributed by atoms with E-state index in [-0.39, 0.29) is 5.69 Å². The van der Waals surface area contributed by atoms with E-state index in [0.29, 0.717) is 15.8 Å². The number of anilines is 1. The zero-order chi connectivity index (χ0) is 12.5. The SMILES string of the molecule is O=C(Nc1nnc(C2CC2)s1)c1cccc[n+]1[O-]. The largest absolute Gasteiger partial charge is 0.618 e. The average Bonchev–Trinajstić information content (AvgIpc) is 3.11. The number of rotatable bonds is 3. The number of hydrogen-bond donors (Lipinski definition) is 1. The van der Waals surface area contributed by atoms with Gasteiger partial charge in [0.2, 0.25) is 5.13 Å². The van der Waals surface area contributed by atoms with Crippen molar-refractivity contribution in [3.05, 3.63) is 40.3 Å². The molecule has 0 unspecified atom stereocenters. The van der Waals surface area contributed by atoms with Crippen molar-refractivity contribution in [2.75, 3.05) is 5.32 Å². The second-order valence-corrected chi connectivity index (χ2v) is 5.09. The van der Waals surface area contributed by atoms with Crippen molar-refractivity contribution in [2.45, 2.75) is 18.8 Å². The molecule has 1 fully saturated rings. The van der Waals surface area contributed by atoms with Crippen LogP contribution in [-0.4, -0.2) is 16.1 Å². The fourth-order valence-electron chi connectivity index (χ4n) is 1.55. The van der Waals surface area contributed by atoms with Gasteiger partial charge in [-0.05, 0) is 18.9 Å². The fourth-order valence-corrected chi connectivity index (χ4v) is 2.45. The minimum atomic E-state index is -0.468. The van der Waals surface area contributed by atoms with E-state index >= 15 is 0 Å². The molecule has 1 aliphatic carbocycles. The molecule has 0 aromatic carbocycles. The van der Waals surface area contributed by atoms with Gasteiger partial charge in [-0.3, -0.25) is 10.1 Å². The van der Waals surface area contributed by atoms with Gasteiger partial charge in [0.05, 0.1) is 0 Å². The highest BCUT2D eigenvalue weighted by atomic mass is 32.1. The Morgan fingerprint density at radius 1 is 1.44 bits per heavy atom. The molecule has 18 heavy (non-hydrogen) atoms. The molecule has 7 heteroatoms. The highest BCUT2D eigenvalue weighted by Gasteiger charge is 2.28. The van der Waals surface area contributed by atoms with E-state index in [0.717, 1.165) is 17.8 Å². The van der Waals surface area contributed by atoms with Crippen molar-refractivity contribution in [3.8, 4) is 0 Å². The summed E-state index contributed by atoms with van der Waals surface area (Å²) in [5.74, 6) is 0.0402. The molecule has 0 bridgehead atoms. The van der Waals surface area contributed by atoms with E-state index in [1.807, 2.05) is 0 Å². The summed E-state index contributed by atoms with van der Waals surface area (Å²) in [6.07, 6.45) is 3.56. The van der Waals surface area contributed by atoms with Crippen LogP contribution in [-0.2, 0) is 0 Å². The number of nitrogens with zero attached hydrogens (tertiary/aromatic N) is 3. The van der Waals surface area contributed by atoms with Crippen molar-refractivity contribution in [2.24, 2.45) is 0 Å².